The molecule has 1 amide bonds. The summed E-state index contributed by atoms with van der Waals surface area (Å²) in [6.45, 7) is 4.60. The summed E-state index contributed by atoms with van der Waals surface area (Å²) in [4.78, 5) is 22.3. The van der Waals surface area contributed by atoms with Crippen molar-refractivity contribution in [1.82, 2.24) is 5.32 Å². The zero-order valence-corrected chi connectivity index (χ0v) is 11.3. The standard InChI is InChI=1S/C12H17NO4S/c1-8(2)3-5-13-10(14)7-17-9-4-6-18-11(9)12(15)16/h4,6,8H,3,5,7H2,1-2H3,(H,13,14)(H,15,16). The number of thiophene rings is 1. The van der Waals surface area contributed by atoms with E-state index < -0.39 is 5.97 Å². The highest BCUT2D eigenvalue weighted by molar-refractivity contribution is 7.12. The van der Waals surface area contributed by atoms with Gasteiger partial charge in [0.15, 0.2) is 11.5 Å². The van der Waals surface area contributed by atoms with Gasteiger partial charge in [-0.15, -0.1) is 11.3 Å². The van der Waals surface area contributed by atoms with Crippen LogP contribution in [0.1, 0.15) is 29.9 Å². The first-order valence-electron chi connectivity index (χ1n) is 5.71. The first kappa shape index (κ1) is 14.5. The highest BCUT2D eigenvalue weighted by atomic mass is 32.1. The van der Waals surface area contributed by atoms with Crippen LogP contribution in [0, 0.1) is 5.92 Å². The number of carbonyl (C=O) groups excluding carboxylic acids is 1. The summed E-state index contributed by atoms with van der Waals surface area (Å²) >= 11 is 1.07. The number of hydrogen-bond acceptors (Lipinski definition) is 4. The lowest BCUT2D eigenvalue weighted by Gasteiger charge is -2.08. The molecule has 0 aromatic carbocycles. The third-order valence-corrected chi connectivity index (χ3v) is 3.11. The van der Waals surface area contributed by atoms with Crippen LogP contribution in [0.25, 0.3) is 0 Å². The summed E-state index contributed by atoms with van der Waals surface area (Å²) in [6, 6.07) is 1.55. The summed E-state index contributed by atoms with van der Waals surface area (Å²) in [5.41, 5.74) is 0. The Labute approximate surface area is 110 Å². The van der Waals surface area contributed by atoms with Gasteiger partial charge in [-0.2, -0.15) is 0 Å². The van der Waals surface area contributed by atoms with Gasteiger partial charge in [-0.1, -0.05) is 13.8 Å². The van der Waals surface area contributed by atoms with Gasteiger partial charge in [0.1, 0.15) is 5.75 Å². The Morgan fingerprint density at radius 3 is 2.83 bits per heavy atom. The highest BCUT2D eigenvalue weighted by Crippen LogP contribution is 2.24. The maximum atomic E-state index is 11.4. The Balaban J connectivity index is 2.34. The normalized spacial score (nSPS) is 10.4. The first-order chi connectivity index (χ1) is 8.50. The molecule has 1 heterocycles. The maximum absolute atomic E-state index is 11.4. The van der Waals surface area contributed by atoms with Crippen LogP contribution in [0.2, 0.25) is 0 Å². The van der Waals surface area contributed by atoms with E-state index >= 15 is 0 Å². The van der Waals surface area contributed by atoms with Crippen molar-refractivity contribution < 1.29 is 19.4 Å². The summed E-state index contributed by atoms with van der Waals surface area (Å²) in [5.74, 6) is -0.508. The van der Waals surface area contributed by atoms with Crippen LogP contribution >= 0.6 is 11.3 Å². The third-order valence-electron chi connectivity index (χ3n) is 2.23. The molecule has 0 unspecified atom stereocenters. The molecule has 1 rings (SSSR count). The van der Waals surface area contributed by atoms with Crippen LogP contribution in [0.3, 0.4) is 0 Å². The average molecular weight is 271 g/mol. The predicted molar refractivity (Wildman–Crippen MR) is 69.2 cm³/mol. The summed E-state index contributed by atoms with van der Waals surface area (Å²) in [5, 5.41) is 13.2. The maximum Gasteiger partial charge on any atom is 0.349 e. The molecule has 0 fully saturated rings. The zero-order chi connectivity index (χ0) is 13.5. The minimum Gasteiger partial charge on any atom is -0.482 e. The SMILES string of the molecule is CC(C)CCNC(=O)COc1ccsc1C(=O)O. The van der Waals surface area contributed by atoms with Crippen LogP contribution in [0.5, 0.6) is 5.75 Å². The number of carboxylic acids is 1. The fourth-order valence-electron chi connectivity index (χ4n) is 1.26. The molecule has 5 nitrogen and oxygen atoms in total. The lowest BCUT2D eigenvalue weighted by molar-refractivity contribution is -0.123. The van der Waals surface area contributed by atoms with Crippen LogP contribution in [0.15, 0.2) is 11.4 Å². The molecule has 0 spiro atoms. The predicted octanol–water partition coefficient (Wildman–Crippen LogP) is 1.99. The molecule has 0 radical (unpaired) electrons. The molecule has 0 aliphatic heterocycles. The van der Waals surface area contributed by atoms with Gasteiger partial charge in [-0.05, 0) is 23.8 Å². The second-order valence-electron chi connectivity index (χ2n) is 4.24. The van der Waals surface area contributed by atoms with Gasteiger partial charge >= 0.3 is 5.97 Å². The van der Waals surface area contributed by atoms with Crippen molar-refractivity contribution in [2.45, 2.75) is 20.3 Å². The molecule has 0 saturated carbocycles. The molecule has 100 valence electrons. The second kappa shape index (κ2) is 7.00. The van der Waals surface area contributed by atoms with E-state index in [0.717, 1.165) is 17.8 Å². The van der Waals surface area contributed by atoms with Crippen molar-refractivity contribution in [2.75, 3.05) is 13.2 Å². The topological polar surface area (TPSA) is 75.6 Å². The molecule has 1 aromatic rings. The molecule has 1 aromatic heterocycles. The molecule has 0 aliphatic carbocycles. The average Bonchev–Trinajstić information content (AvgIpc) is 2.74. The van der Waals surface area contributed by atoms with Gasteiger partial charge in [0.2, 0.25) is 0 Å². The summed E-state index contributed by atoms with van der Waals surface area (Å²) in [7, 11) is 0. The Bertz CT molecular complexity index is 414. The molecule has 2 N–H and O–H groups in total. The first-order valence-corrected chi connectivity index (χ1v) is 6.59. The fraction of sp³-hybridized carbons (Fsp3) is 0.500. The van der Waals surface area contributed by atoms with Crippen LogP contribution < -0.4 is 10.1 Å². The van der Waals surface area contributed by atoms with Crippen molar-refractivity contribution in [3.8, 4) is 5.75 Å². The van der Waals surface area contributed by atoms with Gasteiger partial charge in [0.25, 0.3) is 5.91 Å². The number of amides is 1. The summed E-state index contributed by atoms with van der Waals surface area (Å²) < 4.78 is 5.18. The molecule has 0 atom stereocenters. The van der Waals surface area contributed by atoms with Gasteiger partial charge in [0.05, 0.1) is 0 Å². The molecule has 0 bridgehead atoms. The number of carbonyl (C=O) groups is 2. The van der Waals surface area contributed by atoms with E-state index in [1.54, 1.807) is 11.4 Å². The number of ether oxygens (including phenoxy) is 1. The van der Waals surface area contributed by atoms with Crippen molar-refractivity contribution in [2.24, 2.45) is 5.92 Å². The Morgan fingerprint density at radius 1 is 1.50 bits per heavy atom. The smallest absolute Gasteiger partial charge is 0.349 e. The van der Waals surface area contributed by atoms with Gasteiger partial charge in [-0.25, -0.2) is 4.79 Å². The van der Waals surface area contributed by atoms with E-state index in [-0.39, 0.29) is 23.1 Å². The summed E-state index contributed by atoms with van der Waals surface area (Å²) in [6.07, 6.45) is 0.907. The fourth-order valence-corrected chi connectivity index (χ4v) is 1.93. The number of rotatable bonds is 7. The molecule has 0 saturated heterocycles. The highest BCUT2D eigenvalue weighted by Gasteiger charge is 2.13. The van der Waals surface area contributed by atoms with E-state index in [0.29, 0.717) is 12.5 Å². The molecule has 6 heteroatoms. The number of nitrogens with one attached hydrogen (secondary N) is 1. The second-order valence-corrected chi connectivity index (χ2v) is 5.16. The lowest BCUT2D eigenvalue weighted by Crippen LogP contribution is -2.30. The van der Waals surface area contributed by atoms with Crippen LogP contribution in [-0.2, 0) is 4.79 Å². The molecule has 18 heavy (non-hydrogen) atoms. The lowest BCUT2D eigenvalue weighted by atomic mass is 10.1. The zero-order valence-electron chi connectivity index (χ0n) is 10.4. The quantitative estimate of drug-likeness (QED) is 0.795. The Morgan fingerprint density at radius 2 is 2.22 bits per heavy atom. The number of hydrogen-bond donors (Lipinski definition) is 2. The number of carboxylic acid groups (broad SMARTS) is 1. The van der Waals surface area contributed by atoms with Crippen LogP contribution in [-0.4, -0.2) is 30.1 Å². The van der Waals surface area contributed by atoms with Gasteiger partial charge in [0, 0.05) is 6.54 Å². The van der Waals surface area contributed by atoms with Crippen molar-refractivity contribution >= 4 is 23.2 Å². The molecular weight excluding hydrogens is 254 g/mol. The van der Waals surface area contributed by atoms with E-state index in [1.807, 2.05) is 0 Å². The van der Waals surface area contributed by atoms with Crippen molar-refractivity contribution in [1.29, 1.82) is 0 Å². The van der Waals surface area contributed by atoms with Crippen LogP contribution in [0.4, 0.5) is 0 Å². The molecule has 0 aliphatic rings. The van der Waals surface area contributed by atoms with E-state index in [4.69, 9.17) is 9.84 Å². The number of aromatic carboxylic acids is 1. The minimum atomic E-state index is -1.04. The van der Waals surface area contributed by atoms with Crippen molar-refractivity contribution in [3.63, 3.8) is 0 Å². The third kappa shape index (κ3) is 4.75. The van der Waals surface area contributed by atoms with Crippen molar-refractivity contribution in [3.05, 3.63) is 16.3 Å². The van der Waals surface area contributed by atoms with E-state index in [9.17, 15) is 9.59 Å². The largest absolute Gasteiger partial charge is 0.482 e. The van der Waals surface area contributed by atoms with E-state index in [1.165, 1.54) is 0 Å². The van der Waals surface area contributed by atoms with Gasteiger partial charge in [-0.3, -0.25) is 4.79 Å². The van der Waals surface area contributed by atoms with E-state index in [2.05, 4.69) is 19.2 Å². The minimum absolute atomic E-state index is 0.116. The Kier molecular flexibility index (Phi) is 5.64. The van der Waals surface area contributed by atoms with Gasteiger partial charge < -0.3 is 15.2 Å². The Hall–Kier alpha value is -1.56. The monoisotopic (exact) mass is 271 g/mol. The molecular formula is C12H17NO4S.